The summed E-state index contributed by atoms with van der Waals surface area (Å²) in [7, 11) is 1.58. The molecule has 0 aliphatic carbocycles. The Morgan fingerprint density at radius 2 is 1.94 bits per heavy atom. The SMILES string of the molecule is COc1ncc(C)c(OC(F)(F)F)c1S(=O)(=O)Cl. The van der Waals surface area contributed by atoms with Crippen LogP contribution in [-0.2, 0) is 9.05 Å². The molecule has 0 unspecified atom stereocenters. The van der Waals surface area contributed by atoms with Crippen molar-refractivity contribution in [2.24, 2.45) is 0 Å². The Kier molecular flexibility index (Phi) is 3.96. The van der Waals surface area contributed by atoms with E-state index in [0.717, 1.165) is 13.3 Å². The summed E-state index contributed by atoms with van der Waals surface area (Å²) in [6, 6.07) is 0. The zero-order valence-corrected chi connectivity index (χ0v) is 10.7. The van der Waals surface area contributed by atoms with Gasteiger partial charge in [-0.25, -0.2) is 13.4 Å². The predicted octanol–water partition coefficient (Wildman–Crippen LogP) is 2.22. The van der Waals surface area contributed by atoms with Crippen LogP contribution in [-0.4, -0.2) is 26.9 Å². The maximum atomic E-state index is 12.2. The minimum absolute atomic E-state index is 0.146. The quantitative estimate of drug-likeness (QED) is 0.801. The zero-order chi connectivity index (χ0) is 14.1. The summed E-state index contributed by atoms with van der Waals surface area (Å²) in [4.78, 5) is 2.57. The van der Waals surface area contributed by atoms with E-state index in [1.807, 2.05) is 0 Å². The van der Waals surface area contributed by atoms with Crippen molar-refractivity contribution in [3.05, 3.63) is 11.8 Å². The van der Waals surface area contributed by atoms with Crippen molar-refractivity contribution in [2.45, 2.75) is 18.2 Å². The zero-order valence-electron chi connectivity index (χ0n) is 9.08. The molecule has 18 heavy (non-hydrogen) atoms. The maximum absolute atomic E-state index is 12.2. The van der Waals surface area contributed by atoms with Crippen LogP contribution < -0.4 is 9.47 Å². The molecule has 1 heterocycles. The predicted molar refractivity (Wildman–Crippen MR) is 55.2 cm³/mol. The summed E-state index contributed by atoms with van der Waals surface area (Å²) in [5.74, 6) is -1.53. The molecule has 0 bridgehead atoms. The number of rotatable bonds is 3. The highest BCUT2D eigenvalue weighted by atomic mass is 35.7. The Morgan fingerprint density at radius 1 is 1.39 bits per heavy atom. The molecule has 0 radical (unpaired) electrons. The Morgan fingerprint density at radius 3 is 2.33 bits per heavy atom. The first-order valence-corrected chi connectivity index (χ1v) is 6.61. The first kappa shape index (κ1) is 14.8. The van der Waals surface area contributed by atoms with Crippen LogP contribution in [0.15, 0.2) is 11.1 Å². The Hall–Kier alpha value is -1.22. The number of hydrogen-bond acceptors (Lipinski definition) is 5. The van der Waals surface area contributed by atoms with E-state index in [1.165, 1.54) is 6.92 Å². The fourth-order valence-corrected chi connectivity index (χ4v) is 2.33. The summed E-state index contributed by atoms with van der Waals surface area (Å²) < 4.78 is 67.4. The van der Waals surface area contributed by atoms with Crippen molar-refractivity contribution in [3.63, 3.8) is 0 Å². The maximum Gasteiger partial charge on any atom is 0.573 e. The third kappa shape index (κ3) is 3.39. The Bertz CT molecular complexity index is 558. The van der Waals surface area contributed by atoms with Crippen LogP contribution in [0.5, 0.6) is 11.6 Å². The Labute approximate surface area is 105 Å². The molecule has 0 saturated carbocycles. The molecule has 0 spiro atoms. The van der Waals surface area contributed by atoms with E-state index in [4.69, 9.17) is 10.7 Å². The molecule has 102 valence electrons. The van der Waals surface area contributed by atoms with Crippen LogP contribution in [0.25, 0.3) is 0 Å². The molecule has 1 aromatic heterocycles. The van der Waals surface area contributed by atoms with Gasteiger partial charge in [0.1, 0.15) is 0 Å². The van der Waals surface area contributed by atoms with Crippen LogP contribution in [0.3, 0.4) is 0 Å². The van der Waals surface area contributed by atoms with Gasteiger partial charge in [0.05, 0.1) is 7.11 Å². The molecule has 0 fully saturated rings. The fourth-order valence-electron chi connectivity index (χ4n) is 1.15. The van der Waals surface area contributed by atoms with Gasteiger partial charge in [0.15, 0.2) is 10.6 Å². The average Bonchev–Trinajstić information content (AvgIpc) is 2.17. The summed E-state index contributed by atoms with van der Waals surface area (Å²) in [6.07, 6.45) is -4.08. The molecule has 1 aromatic rings. The van der Waals surface area contributed by atoms with Gasteiger partial charge in [-0.2, -0.15) is 0 Å². The lowest BCUT2D eigenvalue weighted by Gasteiger charge is -2.15. The first-order valence-electron chi connectivity index (χ1n) is 4.30. The van der Waals surface area contributed by atoms with Gasteiger partial charge < -0.3 is 9.47 Å². The van der Waals surface area contributed by atoms with E-state index in [1.54, 1.807) is 0 Å². The second kappa shape index (κ2) is 4.81. The third-order valence-electron chi connectivity index (χ3n) is 1.79. The molecular weight excluding hydrogens is 299 g/mol. The van der Waals surface area contributed by atoms with Crippen LogP contribution in [0.2, 0.25) is 0 Å². The normalized spacial score (nSPS) is 12.3. The molecule has 0 aliphatic heterocycles. The summed E-state index contributed by atoms with van der Waals surface area (Å²) >= 11 is 0. The van der Waals surface area contributed by atoms with Gasteiger partial charge in [0.2, 0.25) is 5.88 Å². The number of methoxy groups -OCH3 is 1. The number of alkyl halides is 3. The van der Waals surface area contributed by atoms with E-state index in [0.29, 0.717) is 0 Å². The highest BCUT2D eigenvalue weighted by molar-refractivity contribution is 8.13. The molecular formula is C8H7ClF3NO4S. The lowest BCUT2D eigenvalue weighted by molar-refractivity contribution is -0.275. The first-order chi connectivity index (χ1) is 8.06. The molecule has 0 aromatic carbocycles. The van der Waals surface area contributed by atoms with E-state index < -0.39 is 31.9 Å². The minimum atomic E-state index is -5.06. The van der Waals surface area contributed by atoms with Crippen molar-refractivity contribution in [2.75, 3.05) is 7.11 Å². The monoisotopic (exact) mass is 305 g/mol. The van der Waals surface area contributed by atoms with Gasteiger partial charge in [-0.3, -0.25) is 0 Å². The highest BCUT2D eigenvalue weighted by Gasteiger charge is 2.36. The van der Waals surface area contributed by atoms with E-state index in [9.17, 15) is 21.6 Å². The van der Waals surface area contributed by atoms with E-state index >= 15 is 0 Å². The lowest BCUT2D eigenvalue weighted by atomic mass is 10.3. The van der Waals surface area contributed by atoms with Crippen molar-refractivity contribution >= 4 is 19.7 Å². The molecule has 0 saturated heterocycles. The second-order valence-electron chi connectivity index (χ2n) is 3.09. The van der Waals surface area contributed by atoms with Gasteiger partial charge in [-0.1, -0.05) is 0 Å². The summed E-state index contributed by atoms with van der Waals surface area (Å²) in [6.45, 7) is 1.19. The smallest absolute Gasteiger partial charge is 0.480 e. The number of ether oxygens (including phenoxy) is 2. The molecule has 0 aliphatic rings. The summed E-state index contributed by atoms with van der Waals surface area (Å²) in [5.41, 5.74) is -0.146. The van der Waals surface area contributed by atoms with Crippen LogP contribution in [0.1, 0.15) is 5.56 Å². The number of nitrogens with zero attached hydrogens (tertiary/aromatic N) is 1. The topological polar surface area (TPSA) is 65.5 Å². The molecule has 5 nitrogen and oxygen atoms in total. The van der Waals surface area contributed by atoms with Crippen molar-refractivity contribution in [3.8, 4) is 11.6 Å². The van der Waals surface area contributed by atoms with Crippen LogP contribution >= 0.6 is 10.7 Å². The molecule has 1 rings (SSSR count). The van der Waals surface area contributed by atoms with E-state index in [-0.39, 0.29) is 5.56 Å². The fraction of sp³-hybridized carbons (Fsp3) is 0.375. The molecule has 0 amide bonds. The number of aromatic nitrogens is 1. The third-order valence-corrected chi connectivity index (χ3v) is 3.10. The van der Waals surface area contributed by atoms with E-state index in [2.05, 4.69) is 14.5 Å². The van der Waals surface area contributed by atoms with Crippen LogP contribution in [0.4, 0.5) is 13.2 Å². The molecule has 0 N–H and O–H groups in total. The highest BCUT2D eigenvalue weighted by Crippen LogP contribution is 2.38. The average molecular weight is 306 g/mol. The number of pyridine rings is 1. The van der Waals surface area contributed by atoms with Crippen molar-refractivity contribution < 1.29 is 31.1 Å². The summed E-state index contributed by atoms with van der Waals surface area (Å²) in [5, 5.41) is 0. The minimum Gasteiger partial charge on any atom is -0.480 e. The van der Waals surface area contributed by atoms with Gasteiger partial charge in [-0.05, 0) is 6.92 Å². The Balaban J connectivity index is 3.57. The standard InChI is InChI=1S/C8H7ClF3NO4S/c1-4-3-13-7(16-2)6(18(9,14)15)5(4)17-8(10,11)12/h3H,1-2H3. The molecule has 0 atom stereocenters. The van der Waals surface area contributed by atoms with Crippen molar-refractivity contribution in [1.29, 1.82) is 0 Å². The molecule has 10 heteroatoms. The number of halogens is 4. The van der Waals surface area contributed by atoms with Gasteiger partial charge >= 0.3 is 6.36 Å². The number of hydrogen-bond donors (Lipinski definition) is 0. The second-order valence-corrected chi connectivity index (χ2v) is 5.60. The van der Waals surface area contributed by atoms with Gasteiger partial charge in [0.25, 0.3) is 9.05 Å². The van der Waals surface area contributed by atoms with Gasteiger partial charge in [-0.15, -0.1) is 13.2 Å². The number of aryl methyl sites for hydroxylation is 1. The van der Waals surface area contributed by atoms with Crippen molar-refractivity contribution in [1.82, 2.24) is 4.98 Å². The van der Waals surface area contributed by atoms with Gasteiger partial charge in [0, 0.05) is 22.4 Å². The largest absolute Gasteiger partial charge is 0.573 e. The van der Waals surface area contributed by atoms with Crippen LogP contribution in [0, 0.1) is 6.92 Å². The lowest BCUT2D eigenvalue weighted by Crippen LogP contribution is -2.19.